The number of aromatic nitrogens is 2. The number of hydrogen-bond donors (Lipinski definition) is 0. The molecule has 0 N–H and O–H groups in total. The van der Waals surface area contributed by atoms with Crippen molar-refractivity contribution in [3.63, 3.8) is 0 Å². The van der Waals surface area contributed by atoms with E-state index in [1.54, 1.807) is 0 Å². The van der Waals surface area contributed by atoms with Gasteiger partial charge in [0.25, 0.3) is 0 Å². The van der Waals surface area contributed by atoms with Crippen molar-refractivity contribution in [3.05, 3.63) is 216 Å². The number of nitrogens with zero attached hydrogens (tertiary/aromatic N) is 3. The molecule has 11 rings (SSSR count). The van der Waals surface area contributed by atoms with Crippen molar-refractivity contribution in [2.75, 3.05) is 0 Å². The van der Waals surface area contributed by atoms with E-state index in [4.69, 9.17) is 14.7 Å². The maximum atomic E-state index is 9.95. The lowest BCUT2D eigenvalue weighted by Gasteiger charge is -2.40. The molecule has 0 radical (unpaired) electrons. The summed E-state index contributed by atoms with van der Waals surface area (Å²) in [6.07, 6.45) is 0. The molecule has 2 heterocycles. The largest absolute Gasteiger partial charge is 0.457 e. The molecule has 0 bridgehead atoms. The van der Waals surface area contributed by atoms with E-state index in [0.717, 1.165) is 72.6 Å². The first-order valence-corrected chi connectivity index (χ1v) is 18.8. The summed E-state index contributed by atoms with van der Waals surface area (Å²) in [5.41, 5.74) is 13.7. The third-order valence-electron chi connectivity index (χ3n) is 11.4. The van der Waals surface area contributed by atoms with Crippen molar-refractivity contribution >= 4 is 10.8 Å². The molecule has 260 valence electrons. The maximum absolute atomic E-state index is 9.95. The molecule has 2 aliphatic rings. The van der Waals surface area contributed by atoms with E-state index in [1.165, 1.54) is 22.3 Å². The fraction of sp³-hybridized carbons (Fsp3) is 0.0192. The summed E-state index contributed by atoms with van der Waals surface area (Å²) < 4.78 is 6.90. The lowest BCUT2D eigenvalue weighted by atomic mass is 9.65. The van der Waals surface area contributed by atoms with Crippen LogP contribution in [0.5, 0.6) is 11.5 Å². The minimum Gasteiger partial charge on any atom is -0.457 e. The number of rotatable bonds is 4. The van der Waals surface area contributed by atoms with Crippen LogP contribution in [0.15, 0.2) is 188 Å². The Bertz CT molecular complexity index is 2970. The third-order valence-corrected chi connectivity index (χ3v) is 11.4. The average molecular weight is 714 g/mol. The number of nitriles is 1. The lowest BCUT2D eigenvalue weighted by molar-refractivity contribution is 0.436. The summed E-state index contributed by atoms with van der Waals surface area (Å²) in [6, 6.07) is 67.7. The van der Waals surface area contributed by atoms with E-state index in [2.05, 4.69) is 133 Å². The molecule has 1 aliphatic carbocycles. The van der Waals surface area contributed by atoms with Crippen LogP contribution in [0.25, 0.3) is 66.9 Å². The predicted octanol–water partition coefficient (Wildman–Crippen LogP) is 12.6. The normalized spacial score (nSPS) is 12.9. The van der Waals surface area contributed by atoms with Gasteiger partial charge in [-0.05, 0) is 81.2 Å². The molecule has 0 saturated carbocycles. The molecular formula is C52H31N3O. The van der Waals surface area contributed by atoms with Crippen LogP contribution >= 0.6 is 0 Å². The molecule has 1 aliphatic heterocycles. The Labute approximate surface area is 324 Å². The first kappa shape index (κ1) is 31.9. The summed E-state index contributed by atoms with van der Waals surface area (Å²) >= 11 is 0. The molecule has 8 aromatic carbocycles. The smallest absolute Gasteiger partial charge is 0.160 e. The number of ether oxygens (including phenoxy) is 1. The van der Waals surface area contributed by atoms with Crippen LogP contribution in [-0.2, 0) is 5.41 Å². The van der Waals surface area contributed by atoms with Crippen LogP contribution in [0.2, 0.25) is 0 Å². The second kappa shape index (κ2) is 12.5. The lowest BCUT2D eigenvalue weighted by Crippen LogP contribution is -2.32. The third kappa shape index (κ3) is 4.71. The first-order valence-electron chi connectivity index (χ1n) is 18.8. The molecule has 0 amide bonds. The van der Waals surface area contributed by atoms with Crippen molar-refractivity contribution in [1.29, 1.82) is 5.26 Å². The molecule has 1 spiro atoms. The highest BCUT2D eigenvalue weighted by Crippen LogP contribution is 2.62. The topological polar surface area (TPSA) is 58.8 Å². The van der Waals surface area contributed by atoms with E-state index >= 15 is 0 Å². The molecule has 9 aromatic rings. The van der Waals surface area contributed by atoms with Crippen LogP contribution in [0.1, 0.15) is 27.8 Å². The molecule has 0 unspecified atom stereocenters. The van der Waals surface area contributed by atoms with Gasteiger partial charge in [-0.25, -0.2) is 9.97 Å². The van der Waals surface area contributed by atoms with Crippen LogP contribution in [0, 0.1) is 11.3 Å². The fourth-order valence-corrected chi connectivity index (χ4v) is 8.95. The average Bonchev–Trinajstić information content (AvgIpc) is 3.57. The van der Waals surface area contributed by atoms with Gasteiger partial charge in [0.15, 0.2) is 5.82 Å². The van der Waals surface area contributed by atoms with Gasteiger partial charge in [0.1, 0.15) is 11.5 Å². The summed E-state index contributed by atoms with van der Waals surface area (Å²) in [7, 11) is 0. The molecule has 56 heavy (non-hydrogen) atoms. The second-order valence-corrected chi connectivity index (χ2v) is 14.4. The quantitative estimate of drug-likeness (QED) is 0.182. The van der Waals surface area contributed by atoms with E-state index in [9.17, 15) is 5.26 Å². The minimum atomic E-state index is -0.705. The first-order chi connectivity index (χ1) is 27.7. The Morgan fingerprint density at radius 2 is 0.929 bits per heavy atom. The van der Waals surface area contributed by atoms with Crippen LogP contribution in [-0.4, -0.2) is 9.97 Å². The molecule has 0 atom stereocenters. The van der Waals surface area contributed by atoms with Crippen molar-refractivity contribution in [2.45, 2.75) is 5.41 Å². The van der Waals surface area contributed by atoms with Gasteiger partial charge in [-0.15, -0.1) is 0 Å². The van der Waals surface area contributed by atoms with Crippen LogP contribution < -0.4 is 4.74 Å². The summed E-state index contributed by atoms with van der Waals surface area (Å²) in [6.45, 7) is 0. The van der Waals surface area contributed by atoms with Gasteiger partial charge in [-0.3, -0.25) is 0 Å². The summed E-state index contributed by atoms with van der Waals surface area (Å²) in [5, 5.41) is 11.9. The van der Waals surface area contributed by atoms with Crippen molar-refractivity contribution in [3.8, 4) is 73.7 Å². The standard InChI is InChI=1S/C52H31N3O/c53-32-37-23-26-39(40-18-8-7-17-38(37)40)35-24-27-49-45(29-35)52(43-21-11-9-19-41(43)42-20-10-12-22-44(42)52)46-30-36(25-28-50(46)56-49)51-54-47(33-13-3-1-4-14-33)31-48(55-51)34-15-5-2-6-16-34/h1-31H. The fourth-order valence-electron chi connectivity index (χ4n) is 8.95. The van der Waals surface area contributed by atoms with Gasteiger partial charge < -0.3 is 4.74 Å². The Morgan fingerprint density at radius 3 is 1.54 bits per heavy atom. The highest BCUT2D eigenvalue weighted by Gasteiger charge is 2.51. The maximum Gasteiger partial charge on any atom is 0.160 e. The summed E-state index contributed by atoms with van der Waals surface area (Å²) in [5.74, 6) is 2.25. The number of fused-ring (bicyclic) bond motifs is 10. The van der Waals surface area contributed by atoms with Crippen molar-refractivity contribution in [2.24, 2.45) is 0 Å². The van der Waals surface area contributed by atoms with E-state index in [0.29, 0.717) is 11.4 Å². The second-order valence-electron chi connectivity index (χ2n) is 14.4. The highest BCUT2D eigenvalue weighted by atomic mass is 16.5. The zero-order valence-corrected chi connectivity index (χ0v) is 30.1. The minimum absolute atomic E-state index is 0.645. The zero-order valence-electron chi connectivity index (χ0n) is 30.1. The molecule has 1 aromatic heterocycles. The van der Waals surface area contributed by atoms with Crippen LogP contribution in [0.4, 0.5) is 0 Å². The van der Waals surface area contributed by atoms with Crippen molar-refractivity contribution in [1.82, 2.24) is 9.97 Å². The van der Waals surface area contributed by atoms with Gasteiger partial charge in [0.2, 0.25) is 0 Å². The summed E-state index contributed by atoms with van der Waals surface area (Å²) in [4.78, 5) is 10.4. The Morgan fingerprint density at radius 1 is 0.411 bits per heavy atom. The molecular weight excluding hydrogens is 683 g/mol. The zero-order chi connectivity index (χ0) is 37.2. The molecule has 4 nitrogen and oxygen atoms in total. The van der Waals surface area contributed by atoms with Gasteiger partial charge in [0.05, 0.1) is 28.4 Å². The van der Waals surface area contributed by atoms with Gasteiger partial charge in [-0.1, -0.05) is 146 Å². The van der Waals surface area contributed by atoms with Gasteiger partial charge in [-0.2, -0.15) is 5.26 Å². The van der Waals surface area contributed by atoms with Gasteiger partial charge in [0, 0.05) is 33.2 Å². The molecule has 0 fully saturated rings. The Kier molecular flexibility index (Phi) is 7.10. The SMILES string of the molecule is N#Cc1ccc(-c2ccc3c(c2)C2(c4cc(-c5nc(-c6ccccc6)cc(-c6ccccc6)n5)ccc4O3)c3ccccc3-c3ccccc32)c2ccccc12. The molecule has 0 saturated heterocycles. The Hall–Kier alpha value is -7.61. The van der Waals surface area contributed by atoms with Gasteiger partial charge >= 0.3 is 0 Å². The van der Waals surface area contributed by atoms with E-state index in [-0.39, 0.29) is 0 Å². The number of hydrogen-bond acceptors (Lipinski definition) is 4. The van der Waals surface area contributed by atoms with E-state index in [1.807, 2.05) is 60.7 Å². The Balaban J connectivity index is 1.18. The highest BCUT2D eigenvalue weighted by molar-refractivity contribution is 6.00. The van der Waals surface area contributed by atoms with Crippen LogP contribution in [0.3, 0.4) is 0 Å². The predicted molar refractivity (Wildman–Crippen MR) is 223 cm³/mol. The van der Waals surface area contributed by atoms with E-state index < -0.39 is 5.41 Å². The monoisotopic (exact) mass is 713 g/mol. The molecule has 4 heteroatoms. The number of benzene rings is 8. The van der Waals surface area contributed by atoms with Crippen molar-refractivity contribution < 1.29 is 4.74 Å².